The molecule has 2 rings (SSSR count). The van der Waals surface area contributed by atoms with Crippen LogP contribution in [-0.4, -0.2) is 29.7 Å². The summed E-state index contributed by atoms with van der Waals surface area (Å²) in [6.45, 7) is 12.0. The molecule has 0 aromatic heterocycles. The van der Waals surface area contributed by atoms with E-state index in [2.05, 4.69) is 20.8 Å². The summed E-state index contributed by atoms with van der Waals surface area (Å²) in [4.78, 5) is 26.8. The van der Waals surface area contributed by atoms with Gasteiger partial charge >= 0.3 is 0 Å². The maximum absolute atomic E-state index is 12.7. The van der Waals surface area contributed by atoms with Gasteiger partial charge in [0, 0.05) is 30.8 Å². The third kappa shape index (κ3) is 1.85. The molecule has 0 unspecified atom stereocenters. The van der Waals surface area contributed by atoms with E-state index in [4.69, 9.17) is 0 Å². The van der Waals surface area contributed by atoms with Crippen molar-refractivity contribution >= 4 is 11.7 Å². The molecule has 0 saturated heterocycles. The van der Waals surface area contributed by atoms with Gasteiger partial charge in [-0.05, 0) is 38.0 Å². The van der Waals surface area contributed by atoms with Gasteiger partial charge in [-0.15, -0.1) is 0 Å². The van der Waals surface area contributed by atoms with Gasteiger partial charge in [-0.25, -0.2) is 0 Å². The van der Waals surface area contributed by atoms with Crippen LogP contribution in [0.5, 0.6) is 0 Å². The Morgan fingerprint density at radius 3 is 2.26 bits per heavy atom. The van der Waals surface area contributed by atoms with E-state index in [9.17, 15) is 9.59 Å². The van der Waals surface area contributed by atoms with Crippen molar-refractivity contribution in [1.29, 1.82) is 0 Å². The fourth-order valence-electron chi connectivity index (χ4n) is 4.40. The highest BCUT2D eigenvalue weighted by Crippen LogP contribution is 2.66. The highest BCUT2D eigenvalue weighted by Gasteiger charge is 2.66. The first-order valence-corrected chi connectivity index (χ1v) is 7.61. The van der Waals surface area contributed by atoms with Gasteiger partial charge in [-0.2, -0.15) is 0 Å². The van der Waals surface area contributed by atoms with Gasteiger partial charge in [-0.3, -0.25) is 9.59 Å². The van der Waals surface area contributed by atoms with E-state index >= 15 is 0 Å². The van der Waals surface area contributed by atoms with E-state index < -0.39 is 0 Å². The first kappa shape index (κ1) is 14.5. The molecule has 0 radical (unpaired) electrons. The number of hydrogen-bond acceptors (Lipinski definition) is 2. The zero-order chi connectivity index (χ0) is 14.4. The maximum atomic E-state index is 12.7. The number of hydrogen-bond donors (Lipinski definition) is 0. The third-order valence-electron chi connectivity index (χ3n) is 6.18. The lowest BCUT2D eigenvalue weighted by Crippen LogP contribution is -2.36. The van der Waals surface area contributed by atoms with Gasteiger partial charge in [0.15, 0.2) is 0 Å². The number of amides is 1. The number of fused-ring (bicyclic) bond motifs is 2. The Kier molecular flexibility index (Phi) is 3.53. The summed E-state index contributed by atoms with van der Waals surface area (Å²) in [5.74, 6) is 0.843. The van der Waals surface area contributed by atoms with Crippen molar-refractivity contribution in [1.82, 2.24) is 4.90 Å². The minimum Gasteiger partial charge on any atom is -0.343 e. The quantitative estimate of drug-likeness (QED) is 0.784. The molecule has 2 aliphatic carbocycles. The number of Topliss-reactive ketones (excluding diaryl/α,β-unsaturated/α-hetero) is 1. The van der Waals surface area contributed by atoms with Gasteiger partial charge in [0.2, 0.25) is 5.91 Å². The zero-order valence-electron chi connectivity index (χ0n) is 13.0. The van der Waals surface area contributed by atoms with Gasteiger partial charge in [0.05, 0.1) is 0 Å². The van der Waals surface area contributed by atoms with Crippen LogP contribution >= 0.6 is 0 Å². The van der Waals surface area contributed by atoms with E-state index in [0.717, 1.165) is 25.9 Å². The minimum absolute atomic E-state index is 0.0400. The highest BCUT2D eigenvalue weighted by atomic mass is 16.2. The molecular formula is C16H27NO2. The number of carbonyl (C=O) groups is 2. The van der Waals surface area contributed by atoms with Gasteiger partial charge in [0.25, 0.3) is 0 Å². The summed E-state index contributed by atoms with van der Waals surface area (Å²) in [5, 5.41) is 0. The van der Waals surface area contributed by atoms with Crippen LogP contribution in [0.4, 0.5) is 0 Å². The molecule has 0 aromatic rings. The molecule has 0 N–H and O–H groups in total. The molecule has 3 atom stereocenters. The molecule has 19 heavy (non-hydrogen) atoms. The van der Waals surface area contributed by atoms with Crippen molar-refractivity contribution in [3.63, 3.8) is 0 Å². The minimum atomic E-state index is -0.203. The number of nitrogens with zero attached hydrogens (tertiary/aromatic N) is 1. The average molecular weight is 265 g/mol. The second-order valence-electron chi connectivity index (χ2n) is 6.94. The van der Waals surface area contributed by atoms with Gasteiger partial charge < -0.3 is 4.90 Å². The van der Waals surface area contributed by atoms with Crippen molar-refractivity contribution in [3.05, 3.63) is 0 Å². The Morgan fingerprint density at radius 1 is 1.26 bits per heavy atom. The number of ketones is 1. The second kappa shape index (κ2) is 4.60. The van der Waals surface area contributed by atoms with Crippen LogP contribution in [0, 0.1) is 22.7 Å². The van der Waals surface area contributed by atoms with Crippen molar-refractivity contribution in [2.75, 3.05) is 13.1 Å². The SMILES string of the molecule is CCN(CC)C(=O)C[C@@H]1C(=O)[C@]2(C)CC[C@@H]1C2(C)C. The summed E-state index contributed by atoms with van der Waals surface area (Å²) in [6, 6.07) is 0. The predicted molar refractivity (Wildman–Crippen MR) is 75.7 cm³/mol. The first-order valence-electron chi connectivity index (χ1n) is 7.61. The summed E-state index contributed by atoms with van der Waals surface area (Å²) >= 11 is 0. The molecule has 3 heteroatoms. The van der Waals surface area contributed by atoms with Crippen molar-refractivity contribution in [2.45, 2.75) is 53.9 Å². The summed E-state index contributed by atoms with van der Waals surface area (Å²) in [7, 11) is 0. The summed E-state index contributed by atoms with van der Waals surface area (Å²) < 4.78 is 0. The first-order chi connectivity index (χ1) is 8.79. The predicted octanol–water partition coefficient (Wildman–Crippen LogP) is 2.89. The molecule has 2 aliphatic rings. The number of carbonyl (C=O) groups excluding carboxylic acids is 2. The lowest BCUT2D eigenvalue weighted by molar-refractivity contribution is -0.138. The van der Waals surface area contributed by atoms with Crippen LogP contribution < -0.4 is 0 Å². The smallest absolute Gasteiger partial charge is 0.223 e. The van der Waals surface area contributed by atoms with Crippen LogP contribution in [0.15, 0.2) is 0 Å². The summed E-state index contributed by atoms with van der Waals surface area (Å²) in [5.41, 5.74) is -0.149. The molecule has 2 saturated carbocycles. The largest absolute Gasteiger partial charge is 0.343 e. The average Bonchev–Trinajstić information content (AvgIpc) is 2.65. The second-order valence-corrected chi connectivity index (χ2v) is 6.94. The standard InChI is InChI=1S/C16H27NO2/c1-6-17(7-2)13(18)10-11-12-8-9-16(5,14(11)19)15(12,3)4/h11-12H,6-10H2,1-5H3/t11-,12-,16-/m0/s1. The fraction of sp³-hybridized carbons (Fsp3) is 0.875. The number of rotatable bonds is 4. The molecular weight excluding hydrogens is 238 g/mol. The molecule has 0 heterocycles. The van der Waals surface area contributed by atoms with Crippen LogP contribution in [-0.2, 0) is 9.59 Å². The molecule has 2 bridgehead atoms. The van der Waals surface area contributed by atoms with Crippen molar-refractivity contribution < 1.29 is 9.59 Å². The Hall–Kier alpha value is -0.860. The lowest BCUT2D eigenvalue weighted by atomic mass is 9.70. The Labute approximate surface area is 116 Å². The Bertz CT molecular complexity index is 398. The topological polar surface area (TPSA) is 37.4 Å². The van der Waals surface area contributed by atoms with E-state index in [0.29, 0.717) is 18.1 Å². The van der Waals surface area contributed by atoms with Crippen LogP contribution in [0.2, 0.25) is 0 Å². The molecule has 108 valence electrons. The van der Waals surface area contributed by atoms with Crippen LogP contribution in [0.25, 0.3) is 0 Å². The Balaban J connectivity index is 2.16. The normalized spacial score (nSPS) is 35.7. The molecule has 0 aliphatic heterocycles. The molecule has 0 spiro atoms. The lowest BCUT2D eigenvalue weighted by Gasteiger charge is -2.32. The fourth-order valence-corrected chi connectivity index (χ4v) is 4.40. The highest BCUT2D eigenvalue weighted by molar-refractivity contribution is 5.94. The van der Waals surface area contributed by atoms with Gasteiger partial charge in [-0.1, -0.05) is 20.8 Å². The van der Waals surface area contributed by atoms with Gasteiger partial charge in [0.1, 0.15) is 5.78 Å². The molecule has 0 aromatic carbocycles. The van der Waals surface area contributed by atoms with E-state index in [1.807, 2.05) is 18.7 Å². The van der Waals surface area contributed by atoms with E-state index in [1.165, 1.54) is 0 Å². The van der Waals surface area contributed by atoms with Crippen molar-refractivity contribution in [2.24, 2.45) is 22.7 Å². The third-order valence-corrected chi connectivity index (χ3v) is 6.18. The maximum Gasteiger partial charge on any atom is 0.223 e. The zero-order valence-corrected chi connectivity index (χ0v) is 13.0. The van der Waals surface area contributed by atoms with Crippen molar-refractivity contribution in [3.8, 4) is 0 Å². The monoisotopic (exact) mass is 265 g/mol. The molecule has 1 amide bonds. The van der Waals surface area contributed by atoms with Crippen LogP contribution in [0.3, 0.4) is 0 Å². The Morgan fingerprint density at radius 2 is 1.84 bits per heavy atom. The molecule has 2 fully saturated rings. The molecule has 3 nitrogen and oxygen atoms in total. The van der Waals surface area contributed by atoms with E-state index in [1.54, 1.807) is 0 Å². The summed E-state index contributed by atoms with van der Waals surface area (Å²) in [6.07, 6.45) is 2.52. The van der Waals surface area contributed by atoms with E-state index in [-0.39, 0.29) is 22.7 Å². The van der Waals surface area contributed by atoms with Crippen LogP contribution in [0.1, 0.15) is 53.9 Å².